The van der Waals surface area contributed by atoms with Gasteiger partial charge in [0.05, 0.1) is 29.4 Å². The molecule has 0 bridgehead atoms. The first-order chi connectivity index (χ1) is 17.3. The van der Waals surface area contributed by atoms with Gasteiger partial charge in [-0.1, -0.05) is 6.07 Å². The van der Waals surface area contributed by atoms with Crippen molar-refractivity contribution in [1.82, 2.24) is 20.4 Å². The SMILES string of the molecule is CONC(=O)c1ccc2nc(-c3c(N)ncc(-c4cc(C)cc(F)c4)c3N3CCC(N)CC3)[nH]c2c1. The molecule has 1 aliphatic rings. The number of anilines is 2. The van der Waals surface area contributed by atoms with Crippen molar-refractivity contribution >= 4 is 28.4 Å². The van der Waals surface area contributed by atoms with Gasteiger partial charge in [-0.25, -0.2) is 19.8 Å². The minimum absolute atomic E-state index is 0.131. The Morgan fingerprint density at radius 1 is 1.22 bits per heavy atom. The van der Waals surface area contributed by atoms with Gasteiger partial charge in [0.25, 0.3) is 5.91 Å². The Morgan fingerprint density at radius 2 is 2.00 bits per heavy atom. The van der Waals surface area contributed by atoms with E-state index in [9.17, 15) is 9.18 Å². The van der Waals surface area contributed by atoms with Gasteiger partial charge in [-0.3, -0.25) is 9.63 Å². The van der Waals surface area contributed by atoms with Crippen LogP contribution in [0.3, 0.4) is 0 Å². The van der Waals surface area contributed by atoms with Crippen molar-refractivity contribution in [3.05, 3.63) is 59.5 Å². The number of imidazole rings is 1. The Balaban J connectivity index is 1.70. The minimum Gasteiger partial charge on any atom is -0.383 e. The van der Waals surface area contributed by atoms with E-state index in [4.69, 9.17) is 21.3 Å². The van der Waals surface area contributed by atoms with E-state index in [2.05, 4.69) is 20.3 Å². The lowest BCUT2D eigenvalue weighted by Crippen LogP contribution is -2.40. The fourth-order valence-electron chi connectivity index (χ4n) is 4.72. The number of pyridine rings is 1. The van der Waals surface area contributed by atoms with E-state index in [1.165, 1.54) is 19.2 Å². The number of piperidine rings is 1. The third kappa shape index (κ3) is 4.48. The van der Waals surface area contributed by atoms with E-state index < -0.39 is 0 Å². The zero-order valence-electron chi connectivity index (χ0n) is 20.1. The van der Waals surface area contributed by atoms with Crippen LogP contribution in [0.1, 0.15) is 28.8 Å². The molecule has 36 heavy (non-hydrogen) atoms. The lowest BCUT2D eigenvalue weighted by atomic mass is 9.97. The van der Waals surface area contributed by atoms with Gasteiger partial charge in [0, 0.05) is 36.5 Å². The van der Waals surface area contributed by atoms with Gasteiger partial charge in [-0.05, 0) is 61.2 Å². The minimum atomic E-state index is -0.370. The zero-order chi connectivity index (χ0) is 25.4. The summed E-state index contributed by atoms with van der Waals surface area (Å²) in [4.78, 5) is 31.7. The molecule has 0 radical (unpaired) electrons. The van der Waals surface area contributed by atoms with E-state index in [0.717, 1.165) is 42.7 Å². The smallest absolute Gasteiger partial charge is 0.274 e. The number of nitrogens with zero attached hydrogens (tertiary/aromatic N) is 3. The number of hydroxylamine groups is 1. The molecule has 9 nitrogen and oxygen atoms in total. The molecule has 0 saturated carbocycles. The second-order valence-corrected chi connectivity index (χ2v) is 9.08. The molecule has 0 atom stereocenters. The summed E-state index contributed by atoms with van der Waals surface area (Å²) in [7, 11) is 1.38. The molecule has 2 aromatic carbocycles. The molecule has 1 aliphatic heterocycles. The number of aryl methyl sites for hydroxylation is 1. The topological polar surface area (TPSA) is 135 Å². The molecule has 4 aromatic rings. The van der Waals surface area contributed by atoms with Crippen LogP contribution in [0.15, 0.2) is 42.6 Å². The fraction of sp³-hybridized carbons (Fsp3) is 0.269. The number of hydrogen-bond acceptors (Lipinski definition) is 7. The number of benzene rings is 2. The van der Waals surface area contributed by atoms with Gasteiger partial charge < -0.3 is 21.4 Å². The highest BCUT2D eigenvalue weighted by Crippen LogP contribution is 2.42. The van der Waals surface area contributed by atoms with Crippen LogP contribution in [-0.2, 0) is 4.84 Å². The highest BCUT2D eigenvalue weighted by molar-refractivity contribution is 5.99. The number of nitrogens with one attached hydrogen (secondary N) is 2. The first kappa shape index (κ1) is 23.7. The Bertz CT molecular complexity index is 1420. The second-order valence-electron chi connectivity index (χ2n) is 9.08. The summed E-state index contributed by atoms with van der Waals surface area (Å²) in [5, 5.41) is 0. The van der Waals surface area contributed by atoms with Crippen LogP contribution in [0.2, 0.25) is 0 Å². The second kappa shape index (κ2) is 9.56. The van der Waals surface area contributed by atoms with Crippen LogP contribution in [0.4, 0.5) is 15.9 Å². The van der Waals surface area contributed by atoms with E-state index in [0.29, 0.717) is 39.4 Å². The average Bonchev–Trinajstić information content (AvgIpc) is 3.27. The highest BCUT2D eigenvalue weighted by Gasteiger charge is 2.27. The van der Waals surface area contributed by atoms with E-state index in [1.54, 1.807) is 24.4 Å². The molecule has 0 unspecified atom stereocenters. The molecule has 0 aliphatic carbocycles. The normalized spacial score (nSPS) is 14.4. The number of aromatic nitrogens is 3. The summed E-state index contributed by atoms with van der Waals surface area (Å²) in [6.07, 6.45) is 3.33. The molecular weight excluding hydrogens is 461 g/mol. The molecule has 0 spiro atoms. The van der Waals surface area contributed by atoms with Gasteiger partial charge >= 0.3 is 0 Å². The predicted octanol–water partition coefficient (Wildman–Crippen LogP) is 3.54. The van der Waals surface area contributed by atoms with Crippen LogP contribution in [0, 0.1) is 12.7 Å². The van der Waals surface area contributed by atoms with Crippen molar-refractivity contribution in [3.8, 4) is 22.5 Å². The van der Waals surface area contributed by atoms with Gasteiger partial charge in [0.2, 0.25) is 0 Å². The summed E-state index contributed by atoms with van der Waals surface area (Å²) in [6, 6.07) is 10.2. The highest BCUT2D eigenvalue weighted by atomic mass is 19.1. The number of rotatable bonds is 5. The van der Waals surface area contributed by atoms with Crippen molar-refractivity contribution in [2.75, 3.05) is 30.8 Å². The Morgan fingerprint density at radius 3 is 2.72 bits per heavy atom. The fourth-order valence-corrected chi connectivity index (χ4v) is 4.72. The Hall–Kier alpha value is -4.02. The van der Waals surface area contributed by atoms with E-state index >= 15 is 0 Å². The summed E-state index contributed by atoms with van der Waals surface area (Å²) >= 11 is 0. The van der Waals surface area contributed by atoms with Crippen LogP contribution < -0.4 is 21.8 Å². The van der Waals surface area contributed by atoms with E-state index in [1.807, 2.05) is 13.0 Å². The van der Waals surface area contributed by atoms with Crippen molar-refractivity contribution in [1.29, 1.82) is 0 Å². The number of aromatic amines is 1. The molecule has 1 fully saturated rings. The third-order valence-corrected chi connectivity index (χ3v) is 6.47. The van der Waals surface area contributed by atoms with Crippen molar-refractivity contribution in [2.45, 2.75) is 25.8 Å². The zero-order valence-corrected chi connectivity index (χ0v) is 20.1. The maximum atomic E-state index is 14.4. The molecule has 2 aromatic heterocycles. The van der Waals surface area contributed by atoms with Crippen LogP contribution >= 0.6 is 0 Å². The molecule has 3 heterocycles. The maximum Gasteiger partial charge on any atom is 0.274 e. The molecule has 5 rings (SSSR count). The van der Waals surface area contributed by atoms with E-state index in [-0.39, 0.29) is 17.8 Å². The lowest BCUT2D eigenvalue weighted by Gasteiger charge is -2.34. The van der Waals surface area contributed by atoms with Crippen LogP contribution in [0.5, 0.6) is 0 Å². The largest absolute Gasteiger partial charge is 0.383 e. The molecule has 10 heteroatoms. The molecule has 1 amide bonds. The summed E-state index contributed by atoms with van der Waals surface area (Å²) in [5.74, 6) is 0.124. The predicted molar refractivity (Wildman–Crippen MR) is 138 cm³/mol. The number of nitrogen functional groups attached to an aromatic ring is 1. The average molecular weight is 490 g/mol. The number of fused-ring (bicyclic) bond motifs is 1. The van der Waals surface area contributed by atoms with Crippen molar-refractivity contribution in [2.24, 2.45) is 5.73 Å². The number of halogens is 1. The van der Waals surface area contributed by atoms with Gasteiger partial charge in [-0.2, -0.15) is 0 Å². The number of carbonyl (C=O) groups excluding carboxylic acids is 1. The Kier molecular flexibility index (Phi) is 6.29. The van der Waals surface area contributed by atoms with Crippen molar-refractivity contribution in [3.63, 3.8) is 0 Å². The maximum absolute atomic E-state index is 14.4. The monoisotopic (exact) mass is 489 g/mol. The number of carbonyl (C=O) groups is 1. The van der Waals surface area contributed by atoms with Crippen molar-refractivity contribution < 1.29 is 14.0 Å². The third-order valence-electron chi connectivity index (χ3n) is 6.47. The van der Waals surface area contributed by atoms with Gasteiger partial charge in [0.15, 0.2) is 0 Å². The van der Waals surface area contributed by atoms with Crippen LogP contribution in [0.25, 0.3) is 33.5 Å². The number of H-pyrrole nitrogens is 1. The van der Waals surface area contributed by atoms with Gasteiger partial charge in [0.1, 0.15) is 17.5 Å². The van der Waals surface area contributed by atoms with Gasteiger partial charge in [-0.15, -0.1) is 0 Å². The first-order valence-electron chi connectivity index (χ1n) is 11.7. The molecule has 186 valence electrons. The first-order valence-corrected chi connectivity index (χ1v) is 11.7. The number of nitrogens with two attached hydrogens (primary N) is 2. The summed E-state index contributed by atoms with van der Waals surface area (Å²) < 4.78 is 14.4. The molecule has 1 saturated heterocycles. The number of hydrogen-bond donors (Lipinski definition) is 4. The van der Waals surface area contributed by atoms with Crippen LogP contribution in [-0.4, -0.2) is 47.1 Å². The summed E-state index contributed by atoms with van der Waals surface area (Å²) in [5.41, 5.74) is 20.4. The molecular formula is C26H28FN7O2. The standard InChI is InChI=1S/C26H28FN7O2/c1-14-9-16(11-17(27)10-14)19-13-30-24(29)22(23(19)34-7-5-18(28)6-8-34)25-31-20-4-3-15(12-21(20)32-25)26(35)33-36-2/h3-4,9-13,18H,5-8,28H2,1-2H3,(H2,29,30)(H,31,32)(H,33,35). The molecule has 6 N–H and O–H groups in total. The summed E-state index contributed by atoms with van der Waals surface area (Å²) in [6.45, 7) is 3.30. The number of amides is 1. The quantitative estimate of drug-likeness (QED) is 0.315. The Labute approximate surface area is 207 Å². The lowest BCUT2D eigenvalue weighted by molar-refractivity contribution is 0.0538.